The molecule has 0 unspecified atom stereocenters. The van der Waals surface area contributed by atoms with Crippen molar-refractivity contribution < 1.29 is 9.59 Å². The first kappa shape index (κ1) is 18.8. The van der Waals surface area contributed by atoms with E-state index in [2.05, 4.69) is 36.5 Å². The standard InChI is InChI=1S/C19H27ClN2O2/c1-15-4-6-16(7-5-15)8-9-19(24)22-13-10-17(11-14-22)21-18(23)3-2-12-20/h4-7,17H,2-3,8-14H2,1H3,(H,21,23). The van der Waals surface area contributed by atoms with Crippen LogP contribution in [0.3, 0.4) is 0 Å². The molecule has 4 nitrogen and oxygen atoms in total. The number of carbonyl (C=O) groups excluding carboxylic acids is 2. The molecule has 1 fully saturated rings. The van der Waals surface area contributed by atoms with Crippen LogP contribution in [-0.2, 0) is 16.0 Å². The average molecular weight is 351 g/mol. The summed E-state index contributed by atoms with van der Waals surface area (Å²) in [7, 11) is 0. The summed E-state index contributed by atoms with van der Waals surface area (Å²) in [4.78, 5) is 26.0. The van der Waals surface area contributed by atoms with E-state index in [4.69, 9.17) is 11.6 Å². The first-order valence-corrected chi connectivity index (χ1v) is 9.30. The van der Waals surface area contributed by atoms with Gasteiger partial charge in [0.1, 0.15) is 0 Å². The van der Waals surface area contributed by atoms with Gasteiger partial charge in [-0.2, -0.15) is 0 Å². The molecule has 0 atom stereocenters. The van der Waals surface area contributed by atoms with Gasteiger partial charge in [0.15, 0.2) is 0 Å². The van der Waals surface area contributed by atoms with Crippen LogP contribution < -0.4 is 5.32 Å². The van der Waals surface area contributed by atoms with Crippen molar-refractivity contribution >= 4 is 23.4 Å². The second-order valence-electron chi connectivity index (χ2n) is 6.50. The van der Waals surface area contributed by atoms with Crippen LogP contribution >= 0.6 is 11.6 Å². The first-order chi connectivity index (χ1) is 11.6. The Labute approximate surface area is 149 Å². The van der Waals surface area contributed by atoms with E-state index in [9.17, 15) is 9.59 Å². The second-order valence-corrected chi connectivity index (χ2v) is 6.88. The minimum absolute atomic E-state index is 0.0693. The highest BCUT2D eigenvalue weighted by atomic mass is 35.5. The predicted octanol–water partition coefficient (Wildman–Crippen LogP) is 3.05. The van der Waals surface area contributed by atoms with Crippen LogP contribution in [0.25, 0.3) is 0 Å². The van der Waals surface area contributed by atoms with Gasteiger partial charge in [-0.3, -0.25) is 9.59 Å². The maximum atomic E-state index is 12.3. The molecule has 5 heteroatoms. The molecule has 24 heavy (non-hydrogen) atoms. The smallest absolute Gasteiger partial charge is 0.222 e. The van der Waals surface area contributed by atoms with Gasteiger partial charge in [-0.1, -0.05) is 29.8 Å². The number of carbonyl (C=O) groups is 2. The number of likely N-dealkylation sites (tertiary alicyclic amines) is 1. The van der Waals surface area contributed by atoms with Gasteiger partial charge in [0.05, 0.1) is 0 Å². The zero-order valence-electron chi connectivity index (χ0n) is 14.4. The fourth-order valence-corrected chi connectivity index (χ4v) is 3.10. The number of hydrogen-bond acceptors (Lipinski definition) is 2. The van der Waals surface area contributed by atoms with E-state index < -0.39 is 0 Å². The lowest BCUT2D eigenvalue weighted by Gasteiger charge is -2.32. The highest BCUT2D eigenvalue weighted by Crippen LogP contribution is 2.13. The summed E-state index contributed by atoms with van der Waals surface area (Å²) in [5.74, 6) is 0.795. The molecule has 0 radical (unpaired) electrons. The van der Waals surface area contributed by atoms with Crippen LogP contribution in [0.1, 0.15) is 43.2 Å². The van der Waals surface area contributed by atoms with Crippen molar-refractivity contribution in [1.82, 2.24) is 10.2 Å². The lowest BCUT2D eigenvalue weighted by molar-refractivity contribution is -0.132. The van der Waals surface area contributed by atoms with Crippen LogP contribution in [0.5, 0.6) is 0 Å². The van der Waals surface area contributed by atoms with Crippen molar-refractivity contribution in [3.05, 3.63) is 35.4 Å². The molecule has 1 aliphatic heterocycles. The second kappa shape index (κ2) is 9.67. The Bertz CT molecular complexity index is 537. The lowest BCUT2D eigenvalue weighted by atomic mass is 10.0. The Kier molecular flexibility index (Phi) is 7.57. The Morgan fingerprint density at radius 3 is 2.46 bits per heavy atom. The molecule has 0 bridgehead atoms. The van der Waals surface area contributed by atoms with Crippen LogP contribution in [-0.4, -0.2) is 41.7 Å². The van der Waals surface area contributed by atoms with Gasteiger partial charge in [0.25, 0.3) is 0 Å². The topological polar surface area (TPSA) is 49.4 Å². The monoisotopic (exact) mass is 350 g/mol. The number of hydrogen-bond donors (Lipinski definition) is 1. The fraction of sp³-hybridized carbons (Fsp3) is 0.579. The molecule has 0 saturated carbocycles. The molecular weight excluding hydrogens is 324 g/mol. The normalized spacial score (nSPS) is 15.3. The van der Waals surface area contributed by atoms with Gasteiger partial charge in [-0.05, 0) is 38.2 Å². The number of nitrogens with one attached hydrogen (secondary N) is 1. The summed E-state index contributed by atoms with van der Waals surface area (Å²) in [5.41, 5.74) is 2.44. The Morgan fingerprint density at radius 2 is 1.83 bits per heavy atom. The largest absolute Gasteiger partial charge is 0.353 e. The summed E-state index contributed by atoms with van der Waals surface area (Å²) in [6, 6.07) is 8.53. The van der Waals surface area contributed by atoms with E-state index in [1.54, 1.807) is 0 Å². The van der Waals surface area contributed by atoms with Gasteiger partial charge >= 0.3 is 0 Å². The zero-order valence-corrected chi connectivity index (χ0v) is 15.1. The summed E-state index contributed by atoms with van der Waals surface area (Å²) >= 11 is 5.60. The fourth-order valence-electron chi connectivity index (χ4n) is 2.96. The molecule has 1 N–H and O–H groups in total. The Morgan fingerprint density at radius 1 is 1.17 bits per heavy atom. The van der Waals surface area contributed by atoms with Gasteiger partial charge < -0.3 is 10.2 Å². The highest BCUT2D eigenvalue weighted by molar-refractivity contribution is 6.17. The van der Waals surface area contributed by atoms with Crippen LogP contribution in [0, 0.1) is 6.92 Å². The number of piperidine rings is 1. The molecule has 132 valence electrons. The molecule has 1 aromatic carbocycles. The number of halogens is 1. The van der Waals surface area contributed by atoms with Crippen molar-refractivity contribution in [3.63, 3.8) is 0 Å². The van der Waals surface area contributed by atoms with E-state index >= 15 is 0 Å². The summed E-state index contributed by atoms with van der Waals surface area (Å²) < 4.78 is 0. The molecule has 1 aromatic rings. The molecule has 2 rings (SSSR count). The summed E-state index contributed by atoms with van der Waals surface area (Å²) in [5, 5.41) is 3.04. The molecule has 1 aliphatic rings. The summed E-state index contributed by atoms with van der Waals surface area (Å²) in [6.45, 7) is 3.52. The predicted molar refractivity (Wildman–Crippen MR) is 97.2 cm³/mol. The quantitative estimate of drug-likeness (QED) is 0.768. The molecule has 1 saturated heterocycles. The lowest BCUT2D eigenvalue weighted by Crippen LogP contribution is -2.46. The third kappa shape index (κ3) is 6.16. The van der Waals surface area contributed by atoms with E-state index in [-0.39, 0.29) is 17.9 Å². The van der Waals surface area contributed by atoms with E-state index in [1.165, 1.54) is 11.1 Å². The Hall–Kier alpha value is -1.55. The minimum atomic E-state index is 0.0693. The van der Waals surface area contributed by atoms with Gasteiger partial charge in [-0.25, -0.2) is 0 Å². The maximum absolute atomic E-state index is 12.3. The van der Waals surface area contributed by atoms with Crippen molar-refractivity contribution in [2.75, 3.05) is 19.0 Å². The minimum Gasteiger partial charge on any atom is -0.353 e. The van der Waals surface area contributed by atoms with E-state index in [1.807, 2.05) is 4.90 Å². The average Bonchev–Trinajstić information content (AvgIpc) is 2.60. The van der Waals surface area contributed by atoms with Crippen molar-refractivity contribution in [2.24, 2.45) is 0 Å². The zero-order chi connectivity index (χ0) is 17.4. The highest BCUT2D eigenvalue weighted by Gasteiger charge is 2.23. The van der Waals surface area contributed by atoms with E-state index in [0.717, 1.165) is 32.4 Å². The summed E-state index contributed by atoms with van der Waals surface area (Å²) in [6.07, 6.45) is 4.21. The number of aryl methyl sites for hydroxylation is 2. The van der Waals surface area contributed by atoms with Crippen LogP contribution in [0.2, 0.25) is 0 Å². The number of alkyl halides is 1. The van der Waals surface area contributed by atoms with Crippen molar-refractivity contribution in [2.45, 2.75) is 51.5 Å². The molecular formula is C19H27ClN2O2. The van der Waals surface area contributed by atoms with Crippen molar-refractivity contribution in [3.8, 4) is 0 Å². The van der Waals surface area contributed by atoms with E-state index in [0.29, 0.717) is 25.1 Å². The number of benzene rings is 1. The molecule has 0 aliphatic carbocycles. The first-order valence-electron chi connectivity index (χ1n) is 8.77. The third-order valence-electron chi connectivity index (χ3n) is 4.50. The van der Waals surface area contributed by atoms with Crippen LogP contribution in [0.4, 0.5) is 0 Å². The third-order valence-corrected chi connectivity index (χ3v) is 4.77. The number of rotatable bonds is 7. The van der Waals surface area contributed by atoms with Crippen LogP contribution in [0.15, 0.2) is 24.3 Å². The number of amides is 2. The number of nitrogens with zero attached hydrogens (tertiary/aromatic N) is 1. The van der Waals surface area contributed by atoms with Gasteiger partial charge in [0.2, 0.25) is 11.8 Å². The SMILES string of the molecule is Cc1ccc(CCC(=O)N2CCC(NC(=O)CCCCl)CC2)cc1. The van der Waals surface area contributed by atoms with Gasteiger partial charge in [-0.15, -0.1) is 11.6 Å². The maximum Gasteiger partial charge on any atom is 0.222 e. The molecule has 0 spiro atoms. The van der Waals surface area contributed by atoms with Gasteiger partial charge in [0, 0.05) is 37.9 Å². The molecule has 1 heterocycles. The molecule has 2 amide bonds. The Balaban J connectivity index is 1.68. The molecule has 0 aromatic heterocycles. The van der Waals surface area contributed by atoms with Crippen molar-refractivity contribution in [1.29, 1.82) is 0 Å².